The smallest absolute Gasteiger partial charge is 0.248 e. The van der Waals surface area contributed by atoms with Gasteiger partial charge in [0.1, 0.15) is 13.2 Å². The highest BCUT2D eigenvalue weighted by Gasteiger charge is 2.25. The van der Waals surface area contributed by atoms with Crippen molar-refractivity contribution >= 4 is 17.5 Å². The number of hydrogen-bond acceptors (Lipinski definition) is 4. The van der Waals surface area contributed by atoms with E-state index in [2.05, 4.69) is 33.0 Å². The van der Waals surface area contributed by atoms with Gasteiger partial charge in [-0.25, -0.2) is 0 Å². The SMILES string of the molecule is CCCCCC(CC(=O)Nc1cc(C(N)=O)ccc1C(C)(C)C)c1cccc2c1OCCO2. The molecule has 0 aromatic heterocycles. The van der Waals surface area contributed by atoms with Crippen LogP contribution in [0.2, 0.25) is 0 Å². The second kappa shape index (κ2) is 10.7. The van der Waals surface area contributed by atoms with Gasteiger partial charge in [0.25, 0.3) is 0 Å². The molecule has 6 nitrogen and oxygen atoms in total. The number of carbonyl (C=O) groups is 2. The number of hydrogen-bond donors (Lipinski definition) is 2. The van der Waals surface area contributed by atoms with E-state index in [4.69, 9.17) is 15.2 Å². The Bertz CT molecular complexity index is 994. The van der Waals surface area contributed by atoms with Crippen LogP contribution in [-0.4, -0.2) is 25.0 Å². The highest BCUT2D eigenvalue weighted by molar-refractivity contribution is 5.97. The first-order valence-corrected chi connectivity index (χ1v) is 11.8. The van der Waals surface area contributed by atoms with E-state index in [1.54, 1.807) is 12.1 Å². The lowest BCUT2D eigenvalue weighted by Gasteiger charge is -2.26. The van der Waals surface area contributed by atoms with Crippen LogP contribution in [0.1, 0.15) is 87.2 Å². The average Bonchev–Trinajstić information content (AvgIpc) is 2.77. The summed E-state index contributed by atoms with van der Waals surface area (Å²) in [6.45, 7) is 9.42. The highest BCUT2D eigenvalue weighted by atomic mass is 16.6. The van der Waals surface area contributed by atoms with Crippen molar-refractivity contribution in [2.24, 2.45) is 5.73 Å². The maximum absolute atomic E-state index is 13.3. The zero-order chi connectivity index (χ0) is 24.0. The van der Waals surface area contributed by atoms with Gasteiger partial charge in [0, 0.05) is 23.2 Å². The van der Waals surface area contributed by atoms with Crippen LogP contribution in [0.4, 0.5) is 5.69 Å². The van der Waals surface area contributed by atoms with E-state index < -0.39 is 5.91 Å². The second-order valence-electron chi connectivity index (χ2n) is 9.69. The molecule has 1 heterocycles. The Labute approximate surface area is 196 Å². The van der Waals surface area contributed by atoms with E-state index in [1.165, 1.54) is 0 Å². The number of benzene rings is 2. The molecule has 0 saturated carbocycles. The summed E-state index contributed by atoms with van der Waals surface area (Å²) in [5, 5.41) is 3.06. The molecular weight excluding hydrogens is 416 g/mol. The molecule has 0 saturated heterocycles. The molecule has 6 heteroatoms. The summed E-state index contributed by atoms with van der Waals surface area (Å²) >= 11 is 0. The van der Waals surface area contributed by atoms with Crippen LogP contribution in [0.15, 0.2) is 36.4 Å². The van der Waals surface area contributed by atoms with Crippen molar-refractivity contribution in [3.05, 3.63) is 53.1 Å². The lowest BCUT2D eigenvalue weighted by molar-refractivity contribution is -0.116. The van der Waals surface area contributed by atoms with Crippen LogP contribution in [0.25, 0.3) is 0 Å². The molecule has 0 aliphatic carbocycles. The summed E-state index contributed by atoms with van der Waals surface area (Å²) in [5.74, 6) is 0.882. The maximum Gasteiger partial charge on any atom is 0.248 e. The van der Waals surface area contributed by atoms with Crippen molar-refractivity contribution < 1.29 is 19.1 Å². The third-order valence-electron chi connectivity index (χ3n) is 6.01. The van der Waals surface area contributed by atoms with E-state index in [1.807, 2.05) is 24.3 Å². The van der Waals surface area contributed by atoms with Gasteiger partial charge >= 0.3 is 0 Å². The number of unbranched alkanes of at least 4 members (excludes halogenated alkanes) is 2. The fourth-order valence-electron chi connectivity index (χ4n) is 4.31. The van der Waals surface area contributed by atoms with Gasteiger partial charge in [0.15, 0.2) is 11.5 Å². The molecule has 3 N–H and O–H groups in total. The van der Waals surface area contributed by atoms with Gasteiger partial charge < -0.3 is 20.5 Å². The van der Waals surface area contributed by atoms with Crippen LogP contribution in [-0.2, 0) is 10.2 Å². The predicted octanol–water partition coefficient (Wildman–Crippen LogP) is 5.55. The Kier molecular flexibility index (Phi) is 8.01. The first-order valence-electron chi connectivity index (χ1n) is 11.8. The van der Waals surface area contributed by atoms with Gasteiger partial charge in [-0.05, 0) is 41.5 Å². The van der Waals surface area contributed by atoms with E-state index in [-0.39, 0.29) is 17.2 Å². The van der Waals surface area contributed by atoms with Gasteiger partial charge in [-0.15, -0.1) is 0 Å². The topological polar surface area (TPSA) is 90.7 Å². The molecule has 1 aliphatic heterocycles. The minimum absolute atomic E-state index is 0.00519. The van der Waals surface area contributed by atoms with Crippen LogP contribution >= 0.6 is 0 Å². The van der Waals surface area contributed by atoms with Crippen molar-refractivity contribution in [3.8, 4) is 11.5 Å². The summed E-state index contributed by atoms with van der Waals surface area (Å²) in [6.07, 6.45) is 4.45. The van der Waals surface area contributed by atoms with E-state index in [0.29, 0.717) is 30.9 Å². The summed E-state index contributed by atoms with van der Waals surface area (Å²) in [6, 6.07) is 11.2. The fraction of sp³-hybridized carbons (Fsp3) is 0.481. The number of rotatable bonds is 9. The molecule has 1 atom stereocenters. The summed E-state index contributed by atoms with van der Waals surface area (Å²) in [4.78, 5) is 25.0. The van der Waals surface area contributed by atoms with E-state index in [0.717, 1.165) is 48.3 Å². The Balaban J connectivity index is 1.87. The van der Waals surface area contributed by atoms with Crippen molar-refractivity contribution in [2.75, 3.05) is 18.5 Å². The number of anilines is 1. The fourth-order valence-corrected chi connectivity index (χ4v) is 4.31. The first kappa shape index (κ1) is 24.6. The molecule has 2 aromatic rings. The monoisotopic (exact) mass is 452 g/mol. The molecule has 0 bridgehead atoms. The van der Waals surface area contributed by atoms with E-state index in [9.17, 15) is 9.59 Å². The third kappa shape index (κ3) is 6.28. The molecule has 2 amide bonds. The minimum atomic E-state index is -0.517. The van der Waals surface area contributed by atoms with Gasteiger partial charge in [-0.3, -0.25) is 9.59 Å². The molecular formula is C27H36N2O4. The number of para-hydroxylation sites is 1. The molecule has 0 radical (unpaired) electrons. The van der Waals surface area contributed by atoms with Crippen molar-refractivity contribution in [3.63, 3.8) is 0 Å². The Hall–Kier alpha value is -3.02. The molecule has 0 spiro atoms. The number of nitrogens with two attached hydrogens (primary N) is 1. The minimum Gasteiger partial charge on any atom is -0.486 e. The highest BCUT2D eigenvalue weighted by Crippen LogP contribution is 2.41. The maximum atomic E-state index is 13.3. The zero-order valence-electron chi connectivity index (χ0n) is 20.2. The van der Waals surface area contributed by atoms with Gasteiger partial charge in [-0.1, -0.05) is 65.2 Å². The van der Waals surface area contributed by atoms with Gasteiger partial charge in [-0.2, -0.15) is 0 Å². The molecule has 178 valence electrons. The molecule has 3 rings (SSSR count). The van der Waals surface area contributed by atoms with Crippen molar-refractivity contribution in [1.82, 2.24) is 0 Å². The average molecular weight is 453 g/mol. The number of nitrogens with one attached hydrogen (secondary N) is 1. The number of amides is 2. The summed E-state index contributed by atoms with van der Waals surface area (Å²) in [7, 11) is 0. The molecule has 33 heavy (non-hydrogen) atoms. The predicted molar refractivity (Wildman–Crippen MR) is 131 cm³/mol. The molecule has 1 aliphatic rings. The number of primary amides is 1. The summed E-state index contributed by atoms with van der Waals surface area (Å²) in [5.41, 5.74) is 8.26. The second-order valence-corrected chi connectivity index (χ2v) is 9.69. The van der Waals surface area contributed by atoms with Gasteiger partial charge in [0.05, 0.1) is 0 Å². The number of carbonyl (C=O) groups excluding carboxylic acids is 2. The summed E-state index contributed by atoms with van der Waals surface area (Å²) < 4.78 is 11.7. The first-order chi connectivity index (χ1) is 15.7. The Morgan fingerprint density at radius 1 is 1.09 bits per heavy atom. The molecule has 2 aromatic carbocycles. The van der Waals surface area contributed by atoms with Crippen molar-refractivity contribution in [2.45, 2.75) is 71.1 Å². The lowest BCUT2D eigenvalue weighted by Crippen LogP contribution is -2.22. The standard InChI is InChI=1S/C27H36N2O4/c1-5-6-7-9-18(20-10-8-11-23-25(20)33-15-14-32-23)17-24(30)29-22-16-19(26(28)31)12-13-21(22)27(2,3)4/h8,10-13,16,18H,5-7,9,14-15,17H2,1-4H3,(H2,28,31)(H,29,30). The van der Waals surface area contributed by atoms with Crippen LogP contribution in [0.3, 0.4) is 0 Å². The Morgan fingerprint density at radius 3 is 2.55 bits per heavy atom. The number of ether oxygens (including phenoxy) is 2. The van der Waals surface area contributed by atoms with Gasteiger partial charge in [0.2, 0.25) is 11.8 Å². The van der Waals surface area contributed by atoms with Crippen LogP contribution in [0, 0.1) is 0 Å². The lowest BCUT2D eigenvalue weighted by atomic mass is 9.84. The zero-order valence-corrected chi connectivity index (χ0v) is 20.2. The van der Waals surface area contributed by atoms with E-state index >= 15 is 0 Å². The third-order valence-corrected chi connectivity index (χ3v) is 6.01. The quantitative estimate of drug-likeness (QED) is 0.488. The Morgan fingerprint density at radius 2 is 1.85 bits per heavy atom. The number of fused-ring (bicyclic) bond motifs is 1. The molecule has 0 fully saturated rings. The normalized spacial score (nSPS) is 13.9. The van der Waals surface area contributed by atoms with Crippen molar-refractivity contribution in [1.29, 1.82) is 0 Å². The largest absolute Gasteiger partial charge is 0.486 e. The van der Waals surface area contributed by atoms with Crippen LogP contribution < -0.4 is 20.5 Å². The van der Waals surface area contributed by atoms with Crippen LogP contribution in [0.5, 0.6) is 11.5 Å². The molecule has 1 unspecified atom stereocenters.